The van der Waals surface area contributed by atoms with Gasteiger partial charge in [0.1, 0.15) is 17.7 Å². The Bertz CT molecular complexity index is 837. The van der Waals surface area contributed by atoms with Gasteiger partial charge in [-0.25, -0.2) is 14.8 Å². The smallest absolute Gasteiger partial charge is 0.407 e. The maximum Gasteiger partial charge on any atom is 0.407 e. The van der Waals surface area contributed by atoms with Crippen LogP contribution in [-0.2, 0) is 4.74 Å². The van der Waals surface area contributed by atoms with Gasteiger partial charge in [0.25, 0.3) is 5.91 Å². The monoisotopic (exact) mass is 371 g/mol. The average Bonchev–Trinajstić information content (AvgIpc) is 3.30. The number of amides is 2. The van der Waals surface area contributed by atoms with Crippen LogP contribution in [0.2, 0.25) is 0 Å². The molecule has 10 heteroatoms. The second kappa shape index (κ2) is 7.60. The lowest BCUT2D eigenvalue weighted by Crippen LogP contribution is -2.32. The predicted molar refractivity (Wildman–Crippen MR) is 95.7 cm³/mol. The van der Waals surface area contributed by atoms with Crippen LogP contribution in [0.4, 0.5) is 16.4 Å². The summed E-state index contributed by atoms with van der Waals surface area (Å²) in [6.45, 7) is 0.815. The van der Waals surface area contributed by atoms with E-state index in [2.05, 4.69) is 36.1 Å². The summed E-state index contributed by atoms with van der Waals surface area (Å²) >= 11 is 0. The third kappa shape index (κ3) is 4.15. The number of fused-ring (bicyclic) bond motifs is 7. The Morgan fingerprint density at radius 3 is 2.96 bits per heavy atom. The zero-order valence-corrected chi connectivity index (χ0v) is 14.7. The molecule has 0 aromatic carbocycles. The van der Waals surface area contributed by atoms with E-state index in [4.69, 9.17) is 4.74 Å². The van der Waals surface area contributed by atoms with Gasteiger partial charge in [0.15, 0.2) is 0 Å². The number of nitrogens with zero attached hydrogens (tertiary/aromatic N) is 3. The highest BCUT2D eigenvalue weighted by molar-refractivity contribution is 5.90. The van der Waals surface area contributed by atoms with Gasteiger partial charge >= 0.3 is 6.09 Å². The lowest BCUT2D eigenvalue weighted by atomic mass is 10.0. The molecule has 2 aromatic rings. The minimum Gasteiger partial charge on any atom is -0.446 e. The summed E-state index contributed by atoms with van der Waals surface area (Å²) in [6, 6.07) is 3.60. The number of anilines is 2. The summed E-state index contributed by atoms with van der Waals surface area (Å²) in [5.41, 5.74) is 0.914. The maximum atomic E-state index is 12.2. The number of aromatic nitrogens is 4. The van der Waals surface area contributed by atoms with Crippen LogP contribution < -0.4 is 16.0 Å². The molecule has 4 rings (SSSR count). The number of alkyl carbamates (subject to hydrolysis) is 1. The molecule has 2 atom stereocenters. The Balaban J connectivity index is 1.55. The fourth-order valence-corrected chi connectivity index (χ4v) is 3.35. The molecule has 142 valence electrons. The van der Waals surface area contributed by atoms with Crippen LogP contribution in [0.25, 0.3) is 0 Å². The molecule has 2 aromatic heterocycles. The van der Waals surface area contributed by atoms with Crippen LogP contribution in [-0.4, -0.2) is 51.4 Å². The number of nitrogens with one attached hydrogen (secondary N) is 4. The van der Waals surface area contributed by atoms with Gasteiger partial charge in [-0.15, -0.1) is 0 Å². The van der Waals surface area contributed by atoms with E-state index in [0.29, 0.717) is 31.1 Å². The van der Waals surface area contributed by atoms with E-state index >= 15 is 0 Å². The molecule has 1 aliphatic carbocycles. The molecule has 1 fully saturated rings. The molecule has 2 aliphatic rings. The normalized spacial score (nSPS) is 23.3. The van der Waals surface area contributed by atoms with E-state index < -0.39 is 6.09 Å². The van der Waals surface area contributed by atoms with Crippen molar-refractivity contribution in [1.82, 2.24) is 30.8 Å². The number of ether oxygens (including phenoxy) is 1. The number of H-pyrrole nitrogens is 1. The van der Waals surface area contributed by atoms with E-state index in [1.807, 2.05) is 6.07 Å². The molecule has 0 unspecified atom stereocenters. The lowest BCUT2D eigenvalue weighted by molar-refractivity contribution is 0.0942. The first-order valence-corrected chi connectivity index (χ1v) is 9.05. The van der Waals surface area contributed by atoms with Crippen molar-refractivity contribution in [3.8, 4) is 0 Å². The second-order valence-corrected chi connectivity index (χ2v) is 6.67. The van der Waals surface area contributed by atoms with Crippen molar-refractivity contribution in [2.45, 2.75) is 37.7 Å². The summed E-state index contributed by atoms with van der Waals surface area (Å²) in [7, 11) is 0. The second-order valence-electron chi connectivity index (χ2n) is 6.67. The lowest BCUT2D eigenvalue weighted by Gasteiger charge is -2.13. The van der Waals surface area contributed by atoms with Gasteiger partial charge in [-0.05, 0) is 31.7 Å². The van der Waals surface area contributed by atoms with Crippen molar-refractivity contribution in [3.63, 3.8) is 0 Å². The summed E-state index contributed by atoms with van der Waals surface area (Å²) in [6.07, 6.45) is 4.07. The Labute approximate surface area is 155 Å². The predicted octanol–water partition coefficient (Wildman–Crippen LogP) is 1.44. The van der Waals surface area contributed by atoms with Crippen molar-refractivity contribution in [3.05, 3.63) is 29.8 Å². The molecule has 1 aliphatic heterocycles. The van der Waals surface area contributed by atoms with E-state index in [-0.39, 0.29) is 23.8 Å². The molecule has 1 saturated carbocycles. The molecule has 3 heterocycles. The van der Waals surface area contributed by atoms with Gasteiger partial charge in [-0.1, -0.05) is 0 Å². The SMILES string of the molecule is O=C1NCCCNC(=O)c2nccc(n2)Nc2cc(n[nH]2)[C@H]2CC[C@H](C2)O1. The highest BCUT2D eigenvalue weighted by Gasteiger charge is 2.30. The number of hydrogen-bond acceptors (Lipinski definition) is 7. The highest BCUT2D eigenvalue weighted by Crippen LogP contribution is 2.36. The standard InChI is InChI=1S/C17H21N7O3/c25-16-15-18-7-4-13(22-15)21-14-9-12(23-24-14)10-2-3-11(8-10)27-17(26)20-6-1-5-19-16/h4,7,9-11H,1-3,5-6,8H2,(H,19,25)(H,20,26)(H2,18,21,22,23,24)/t10-,11+/m0/s1. The molecule has 6 bridgehead atoms. The minimum atomic E-state index is -0.423. The van der Waals surface area contributed by atoms with Crippen molar-refractivity contribution >= 4 is 23.6 Å². The van der Waals surface area contributed by atoms with Gasteiger partial charge in [0.05, 0.1) is 5.69 Å². The number of aromatic amines is 1. The largest absolute Gasteiger partial charge is 0.446 e. The van der Waals surface area contributed by atoms with Crippen LogP contribution >= 0.6 is 0 Å². The van der Waals surface area contributed by atoms with Gasteiger partial charge in [0.2, 0.25) is 5.82 Å². The molecule has 2 amide bonds. The third-order valence-electron chi connectivity index (χ3n) is 4.70. The molecule has 27 heavy (non-hydrogen) atoms. The molecule has 10 nitrogen and oxygen atoms in total. The molecule has 0 saturated heterocycles. The van der Waals surface area contributed by atoms with E-state index in [9.17, 15) is 9.59 Å². The van der Waals surface area contributed by atoms with Crippen molar-refractivity contribution in [2.75, 3.05) is 18.4 Å². The maximum absolute atomic E-state index is 12.2. The first-order valence-electron chi connectivity index (χ1n) is 9.05. The number of rotatable bonds is 0. The van der Waals surface area contributed by atoms with Gasteiger partial charge in [-0.3, -0.25) is 9.89 Å². The Kier molecular flexibility index (Phi) is 4.86. The van der Waals surface area contributed by atoms with E-state index in [0.717, 1.165) is 25.0 Å². The summed E-state index contributed by atoms with van der Waals surface area (Å²) in [4.78, 5) is 32.3. The Hall–Kier alpha value is -3.17. The van der Waals surface area contributed by atoms with Crippen LogP contribution in [0.3, 0.4) is 0 Å². The third-order valence-corrected chi connectivity index (χ3v) is 4.70. The van der Waals surface area contributed by atoms with Gasteiger partial charge in [-0.2, -0.15) is 5.10 Å². The molecule has 4 N–H and O–H groups in total. The number of carbonyl (C=O) groups is 2. The quantitative estimate of drug-likeness (QED) is 0.550. The highest BCUT2D eigenvalue weighted by atomic mass is 16.6. The first kappa shape index (κ1) is 17.3. The van der Waals surface area contributed by atoms with Crippen molar-refractivity contribution in [1.29, 1.82) is 0 Å². The zero-order valence-electron chi connectivity index (χ0n) is 14.7. The first-order chi connectivity index (χ1) is 13.2. The summed E-state index contributed by atoms with van der Waals surface area (Å²) in [5, 5.41) is 15.9. The summed E-state index contributed by atoms with van der Waals surface area (Å²) in [5.74, 6) is 1.13. The summed E-state index contributed by atoms with van der Waals surface area (Å²) < 4.78 is 5.48. The van der Waals surface area contributed by atoms with Crippen molar-refractivity contribution < 1.29 is 14.3 Å². The zero-order chi connectivity index (χ0) is 18.6. The number of hydrogen-bond donors (Lipinski definition) is 4. The van der Waals surface area contributed by atoms with E-state index in [1.165, 1.54) is 6.20 Å². The Morgan fingerprint density at radius 1 is 1.15 bits per heavy atom. The van der Waals surface area contributed by atoms with Crippen molar-refractivity contribution in [2.24, 2.45) is 0 Å². The van der Waals surface area contributed by atoms with Gasteiger partial charge in [0, 0.05) is 31.3 Å². The van der Waals surface area contributed by atoms with Gasteiger partial charge < -0.3 is 20.7 Å². The van der Waals surface area contributed by atoms with E-state index in [1.54, 1.807) is 6.07 Å². The van der Waals surface area contributed by atoms with Crippen LogP contribution in [0.1, 0.15) is 47.9 Å². The Morgan fingerprint density at radius 2 is 2.04 bits per heavy atom. The van der Waals surface area contributed by atoms with Crippen LogP contribution in [0.5, 0.6) is 0 Å². The molecule has 0 spiro atoms. The molecular weight excluding hydrogens is 350 g/mol. The average molecular weight is 371 g/mol. The fourth-order valence-electron chi connectivity index (χ4n) is 3.35. The van der Waals surface area contributed by atoms with Crippen LogP contribution in [0.15, 0.2) is 18.3 Å². The fraction of sp³-hybridized carbons (Fsp3) is 0.471. The minimum absolute atomic E-state index is 0.0758. The molecular formula is C17H21N7O3. The number of carbonyl (C=O) groups excluding carboxylic acids is 2. The topological polar surface area (TPSA) is 134 Å². The van der Waals surface area contributed by atoms with Crippen LogP contribution in [0, 0.1) is 0 Å². The molecule has 0 radical (unpaired) electrons.